The van der Waals surface area contributed by atoms with E-state index in [0.717, 1.165) is 18.9 Å². The molecule has 24 heavy (non-hydrogen) atoms. The van der Waals surface area contributed by atoms with E-state index >= 15 is 0 Å². The van der Waals surface area contributed by atoms with Gasteiger partial charge in [0.05, 0.1) is 32.5 Å². The minimum Gasteiger partial charge on any atom is -0.466 e. The lowest BCUT2D eigenvalue weighted by atomic mass is 10.2. The Labute approximate surface area is 140 Å². The molecule has 0 fully saturated rings. The number of anilines is 1. The van der Waals surface area contributed by atoms with E-state index in [4.69, 9.17) is 4.74 Å². The Bertz CT molecular complexity index is 606. The molecule has 0 atom stereocenters. The van der Waals surface area contributed by atoms with Crippen LogP contribution in [0.4, 0.5) is 5.69 Å². The molecule has 1 N–H and O–H groups in total. The maximum absolute atomic E-state index is 11.8. The summed E-state index contributed by atoms with van der Waals surface area (Å²) in [5.74, 6) is -1.82. The molecule has 1 aromatic rings. The second kappa shape index (κ2) is 10.0. The van der Waals surface area contributed by atoms with Crippen LogP contribution in [0.1, 0.15) is 30.1 Å². The van der Waals surface area contributed by atoms with Crippen LogP contribution in [0.15, 0.2) is 36.0 Å². The molecule has 0 saturated carbocycles. The first-order valence-corrected chi connectivity index (χ1v) is 7.44. The highest BCUT2D eigenvalue weighted by Gasteiger charge is 2.13. The number of hydrogen-bond acceptors (Lipinski definition) is 7. The monoisotopic (exact) mass is 335 g/mol. The van der Waals surface area contributed by atoms with Gasteiger partial charge in [-0.25, -0.2) is 14.4 Å². The summed E-state index contributed by atoms with van der Waals surface area (Å²) in [7, 11) is 2.40. The summed E-state index contributed by atoms with van der Waals surface area (Å²) in [5, 5.41) is 2.75. The van der Waals surface area contributed by atoms with E-state index in [1.54, 1.807) is 24.3 Å². The largest absolute Gasteiger partial charge is 0.466 e. The van der Waals surface area contributed by atoms with Gasteiger partial charge in [-0.1, -0.05) is 13.3 Å². The lowest BCUT2D eigenvalue weighted by Gasteiger charge is -2.10. The van der Waals surface area contributed by atoms with Gasteiger partial charge >= 0.3 is 17.9 Å². The van der Waals surface area contributed by atoms with E-state index in [1.165, 1.54) is 14.2 Å². The van der Waals surface area contributed by atoms with Crippen LogP contribution in [-0.4, -0.2) is 38.7 Å². The van der Waals surface area contributed by atoms with E-state index in [-0.39, 0.29) is 5.70 Å². The summed E-state index contributed by atoms with van der Waals surface area (Å²) >= 11 is 0. The van der Waals surface area contributed by atoms with E-state index < -0.39 is 17.9 Å². The van der Waals surface area contributed by atoms with E-state index in [0.29, 0.717) is 17.9 Å². The van der Waals surface area contributed by atoms with Crippen molar-refractivity contribution in [2.75, 3.05) is 26.1 Å². The average molecular weight is 335 g/mol. The minimum absolute atomic E-state index is 0.0809. The van der Waals surface area contributed by atoms with Crippen molar-refractivity contribution < 1.29 is 28.6 Å². The number of rotatable bonds is 8. The number of nitrogens with one attached hydrogen (secondary N) is 1. The Morgan fingerprint density at radius 2 is 1.75 bits per heavy atom. The molecular formula is C17H21NO6. The summed E-state index contributed by atoms with van der Waals surface area (Å²) < 4.78 is 14.2. The molecule has 1 aromatic carbocycles. The van der Waals surface area contributed by atoms with Gasteiger partial charge in [0.1, 0.15) is 5.70 Å². The third-order valence-corrected chi connectivity index (χ3v) is 3.00. The number of carbonyl (C=O) groups excluding carboxylic acids is 3. The average Bonchev–Trinajstić information content (AvgIpc) is 2.60. The Morgan fingerprint density at radius 3 is 2.29 bits per heavy atom. The summed E-state index contributed by atoms with van der Waals surface area (Å²) in [5.41, 5.74) is 0.816. The lowest BCUT2D eigenvalue weighted by molar-refractivity contribution is -0.138. The number of ether oxygens (including phenoxy) is 3. The molecule has 0 heterocycles. The molecule has 0 aliphatic heterocycles. The molecule has 0 spiro atoms. The number of carbonyl (C=O) groups is 3. The van der Waals surface area contributed by atoms with Gasteiger partial charge in [-0.3, -0.25) is 0 Å². The molecule has 0 aliphatic carbocycles. The molecular weight excluding hydrogens is 314 g/mol. The first-order valence-electron chi connectivity index (χ1n) is 7.44. The predicted octanol–water partition coefficient (Wildman–Crippen LogP) is 2.29. The Kier molecular flexibility index (Phi) is 8.04. The van der Waals surface area contributed by atoms with Gasteiger partial charge in [0.15, 0.2) is 0 Å². The minimum atomic E-state index is -0.719. The molecule has 7 heteroatoms. The van der Waals surface area contributed by atoms with Crippen LogP contribution in [0.2, 0.25) is 0 Å². The number of hydrogen-bond donors (Lipinski definition) is 1. The fourth-order valence-electron chi connectivity index (χ4n) is 1.67. The molecule has 7 nitrogen and oxygen atoms in total. The van der Waals surface area contributed by atoms with Gasteiger partial charge < -0.3 is 19.5 Å². The lowest BCUT2D eigenvalue weighted by Crippen LogP contribution is -2.15. The topological polar surface area (TPSA) is 90.9 Å². The summed E-state index contributed by atoms with van der Waals surface area (Å²) in [6, 6.07) is 6.29. The summed E-state index contributed by atoms with van der Waals surface area (Å²) in [6.45, 7) is 2.39. The van der Waals surface area contributed by atoms with Crippen LogP contribution >= 0.6 is 0 Å². The van der Waals surface area contributed by atoms with Gasteiger partial charge in [0.2, 0.25) is 0 Å². The number of benzene rings is 1. The van der Waals surface area contributed by atoms with Crippen molar-refractivity contribution in [1.29, 1.82) is 0 Å². The summed E-state index contributed by atoms with van der Waals surface area (Å²) in [4.78, 5) is 34.8. The fourth-order valence-corrected chi connectivity index (χ4v) is 1.67. The Morgan fingerprint density at radius 1 is 1.08 bits per heavy atom. The van der Waals surface area contributed by atoms with Crippen LogP contribution in [0.3, 0.4) is 0 Å². The van der Waals surface area contributed by atoms with Gasteiger partial charge in [-0.2, -0.15) is 0 Å². The highest BCUT2D eigenvalue weighted by molar-refractivity contribution is 5.98. The van der Waals surface area contributed by atoms with E-state index in [1.807, 2.05) is 6.92 Å². The second-order valence-electron chi connectivity index (χ2n) is 4.76. The van der Waals surface area contributed by atoms with Gasteiger partial charge in [-0.05, 0) is 30.7 Å². The van der Waals surface area contributed by atoms with E-state index in [2.05, 4.69) is 14.8 Å². The maximum atomic E-state index is 11.8. The molecule has 0 bridgehead atoms. The predicted molar refractivity (Wildman–Crippen MR) is 87.4 cm³/mol. The third-order valence-electron chi connectivity index (χ3n) is 3.00. The van der Waals surface area contributed by atoms with Crippen molar-refractivity contribution >= 4 is 23.6 Å². The quantitative estimate of drug-likeness (QED) is 0.337. The zero-order chi connectivity index (χ0) is 17.9. The Balaban J connectivity index is 2.80. The molecule has 130 valence electrons. The smallest absolute Gasteiger partial charge is 0.354 e. The number of methoxy groups -OCH3 is 2. The van der Waals surface area contributed by atoms with Crippen LogP contribution in [-0.2, 0) is 23.8 Å². The highest BCUT2D eigenvalue weighted by atomic mass is 16.5. The second-order valence-corrected chi connectivity index (χ2v) is 4.76. The maximum Gasteiger partial charge on any atom is 0.354 e. The number of esters is 3. The standard InChI is InChI=1S/C17H21NO6/c1-4-5-10-24-16(20)12-6-8-13(9-7-12)18-14(17(21)23-3)11-15(19)22-2/h6-9,11,18H,4-5,10H2,1-3H3/b14-11+. The highest BCUT2D eigenvalue weighted by Crippen LogP contribution is 2.14. The molecule has 0 unspecified atom stereocenters. The van der Waals surface area contributed by atoms with Crippen LogP contribution in [0, 0.1) is 0 Å². The van der Waals surface area contributed by atoms with Crippen molar-refractivity contribution in [1.82, 2.24) is 0 Å². The van der Waals surface area contributed by atoms with Crippen LogP contribution in [0.5, 0.6) is 0 Å². The van der Waals surface area contributed by atoms with Gasteiger partial charge in [-0.15, -0.1) is 0 Å². The van der Waals surface area contributed by atoms with Crippen molar-refractivity contribution in [2.24, 2.45) is 0 Å². The zero-order valence-corrected chi connectivity index (χ0v) is 14.0. The molecule has 0 aromatic heterocycles. The zero-order valence-electron chi connectivity index (χ0n) is 14.0. The summed E-state index contributed by atoms with van der Waals surface area (Å²) in [6.07, 6.45) is 2.74. The third kappa shape index (κ3) is 6.12. The SMILES string of the molecule is CCCCOC(=O)c1ccc(N/C(=C/C(=O)OC)C(=O)OC)cc1. The van der Waals surface area contributed by atoms with Crippen LogP contribution in [0.25, 0.3) is 0 Å². The van der Waals surface area contributed by atoms with Crippen molar-refractivity contribution in [2.45, 2.75) is 19.8 Å². The molecule has 0 amide bonds. The number of unbranched alkanes of at least 4 members (excludes halogenated alkanes) is 1. The molecule has 1 rings (SSSR count). The molecule has 0 radical (unpaired) electrons. The van der Waals surface area contributed by atoms with Gasteiger partial charge in [0.25, 0.3) is 0 Å². The normalized spacial score (nSPS) is 10.7. The van der Waals surface area contributed by atoms with Gasteiger partial charge in [0, 0.05) is 5.69 Å². The fraction of sp³-hybridized carbons (Fsp3) is 0.353. The molecule has 0 saturated heterocycles. The van der Waals surface area contributed by atoms with Crippen molar-refractivity contribution in [3.05, 3.63) is 41.6 Å². The first-order chi connectivity index (χ1) is 11.5. The first kappa shape index (κ1) is 19.2. The Hall–Kier alpha value is -2.83. The molecule has 0 aliphatic rings. The van der Waals surface area contributed by atoms with Crippen LogP contribution < -0.4 is 5.32 Å². The van der Waals surface area contributed by atoms with Crippen molar-refractivity contribution in [3.8, 4) is 0 Å². The van der Waals surface area contributed by atoms with E-state index in [9.17, 15) is 14.4 Å². The van der Waals surface area contributed by atoms with Crippen molar-refractivity contribution in [3.63, 3.8) is 0 Å².